The van der Waals surface area contributed by atoms with E-state index >= 15 is 0 Å². The number of aliphatic hydroxyl groups excluding tert-OH is 3. The van der Waals surface area contributed by atoms with Crippen LogP contribution < -0.4 is 16.0 Å². The van der Waals surface area contributed by atoms with Gasteiger partial charge in [0.25, 0.3) is 11.6 Å². The highest BCUT2D eigenvalue weighted by atomic mass is 16.8. The van der Waals surface area contributed by atoms with Gasteiger partial charge in [-0.05, 0) is 0 Å². The first kappa shape index (κ1) is 42.0. The molecule has 3 amide bonds. The number of aliphatic hydroxyl groups is 3. The van der Waals surface area contributed by atoms with Crippen molar-refractivity contribution in [3.8, 4) is 0 Å². The average molecular weight is 782 g/mol. The van der Waals surface area contributed by atoms with Crippen molar-refractivity contribution in [2.45, 2.75) is 138 Å². The summed E-state index contributed by atoms with van der Waals surface area (Å²) in [6.07, 6.45) is -17.1. The minimum atomic E-state index is -2.18. The minimum Gasteiger partial charge on any atom is -0.477 e. The monoisotopic (exact) mass is 781 g/mol. The van der Waals surface area contributed by atoms with Gasteiger partial charge in [-0.3, -0.25) is 14.4 Å². The Hall–Kier alpha value is -3.17. The Morgan fingerprint density at radius 2 is 1.11 bits per heavy atom. The average Bonchev–Trinajstić information content (AvgIpc) is 3.09. The third-order valence-corrected chi connectivity index (χ3v) is 9.64. The van der Waals surface area contributed by atoms with Gasteiger partial charge in [0.1, 0.15) is 73.1 Å². The van der Waals surface area contributed by atoms with Crippen molar-refractivity contribution in [2.75, 3.05) is 26.9 Å². The Balaban J connectivity index is 1.44. The van der Waals surface area contributed by atoms with E-state index in [0.29, 0.717) is 0 Å². The van der Waals surface area contributed by atoms with Crippen molar-refractivity contribution in [1.82, 2.24) is 16.0 Å². The Bertz CT molecular complexity index is 1420. The first-order valence-corrected chi connectivity index (χ1v) is 17.0. The van der Waals surface area contributed by atoms with E-state index in [1.165, 1.54) is 14.0 Å². The van der Waals surface area contributed by atoms with Crippen molar-refractivity contribution in [3.63, 3.8) is 0 Å². The van der Waals surface area contributed by atoms with Crippen LogP contribution in [-0.4, -0.2) is 186 Å². The first-order valence-electron chi connectivity index (χ1n) is 17.0. The second-order valence-corrected chi connectivity index (χ2v) is 13.7. The summed E-state index contributed by atoms with van der Waals surface area (Å²) in [5.41, 5.74) is 0. The Kier molecular flexibility index (Phi) is 12.8. The summed E-state index contributed by atoms with van der Waals surface area (Å²) in [5, 5.41) is 60.7. The van der Waals surface area contributed by atoms with Crippen molar-refractivity contribution >= 4 is 29.7 Å². The number of carboxylic acids is 2. The Morgan fingerprint density at radius 1 is 0.667 bits per heavy atom. The zero-order valence-electron chi connectivity index (χ0n) is 30.1. The van der Waals surface area contributed by atoms with E-state index in [1.807, 2.05) is 0 Å². The van der Waals surface area contributed by atoms with Crippen LogP contribution in [0, 0.1) is 0 Å². The Labute approximate surface area is 307 Å². The molecule has 0 unspecified atom stereocenters. The van der Waals surface area contributed by atoms with Crippen molar-refractivity contribution in [1.29, 1.82) is 0 Å². The maximum absolute atomic E-state index is 12.5. The van der Waals surface area contributed by atoms with Gasteiger partial charge in [0, 0.05) is 41.7 Å². The van der Waals surface area contributed by atoms with Gasteiger partial charge in [-0.15, -0.1) is 0 Å². The highest BCUT2D eigenvalue weighted by molar-refractivity contribution is 5.76. The van der Waals surface area contributed by atoms with E-state index in [1.54, 1.807) is 0 Å². The van der Waals surface area contributed by atoms with E-state index < -0.39 is 146 Å². The summed E-state index contributed by atoms with van der Waals surface area (Å²) in [7, 11) is 1.28. The van der Waals surface area contributed by atoms with Crippen molar-refractivity contribution in [2.24, 2.45) is 0 Å². The van der Waals surface area contributed by atoms with Crippen molar-refractivity contribution < 1.29 is 96.9 Å². The SMILES string of the molecule is CO[C@@H]1O[C@@H]2CO[C@](C)(C(=O)O)O[C@H]2[C@H](O[C@@H]2O[C@H](CO)[C@@H](O[C@@H]3O[C@@H]4CO[C@](C)(C(=O)O)O[C@H]4[C@H](O)[C@@H]3NC(C)=O)[C@H](O)[C@H]2NC(C)=O)[C@@H]1NC(C)=O. The number of rotatable bonds is 11. The van der Waals surface area contributed by atoms with Crippen LogP contribution in [0.5, 0.6) is 0 Å². The predicted octanol–water partition coefficient (Wildman–Crippen LogP) is -4.76. The molecular formula is C31H47N3O20. The number of carbonyl (C=O) groups excluding carboxylic acids is 3. The molecule has 5 aliphatic heterocycles. The summed E-state index contributed by atoms with van der Waals surface area (Å²) < 4.78 is 58.1. The van der Waals surface area contributed by atoms with Gasteiger partial charge in [0.2, 0.25) is 17.7 Å². The van der Waals surface area contributed by atoms with E-state index in [0.717, 1.165) is 27.7 Å². The quantitative estimate of drug-likeness (QED) is 0.0976. The lowest BCUT2D eigenvalue weighted by atomic mass is 9.92. The predicted molar refractivity (Wildman–Crippen MR) is 168 cm³/mol. The third kappa shape index (κ3) is 8.47. The zero-order valence-corrected chi connectivity index (χ0v) is 30.1. The number of ether oxygens (including phenoxy) is 10. The zero-order chi connectivity index (χ0) is 39.9. The molecule has 17 atom stereocenters. The molecule has 0 aliphatic carbocycles. The maximum atomic E-state index is 12.5. The summed E-state index contributed by atoms with van der Waals surface area (Å²) in [6, 6.07) is -4.15. The lowest BCUT2D eigenvalue weighted by Crippen LogP contribution is -2.73. The molecular weight excluding hydrogens is 734 g/mol. The lowest BCUT2D eigenvalue weighted by molar-refractivity contribution is -0.393. The largest absolute Gasteiger partial charge is 0.477 e. The minimum absolute atomic E-state index is 0.311. The van der Waals surface area contributed by atoms with Gasteiger partial charge in [0.15, 0.2) is 18.9 Å². The number of nitrogens with one attached hydrogen (secondary N) is 3. The van der Waals surface area contributed by atoms with E-state index in [2.05, 4.69) is 16.0 Å². The molecule has 0 aromatic carbocycles. The number of carbonyl (C=O) groups is 5. The fraction of sp³-hybridized carbons (Fsp3) is 0.839. The molecule has 5 fully saturated rings. The first-order chi connectivity index (χ1) is 25.3. The van der Waals surface area contributed by atoms with Crippen molar-refractivity contribution in [3.05, 3.63) is 0 Å². The number of amides is 3. The van der Waals surface area contributed by atoms with Crippen LogP contribution in [0.3, 0.4) is 0 Å². The molecule has 5 heterocycles. The molecule has 0 bridgehead atoms. The fourth-order valence-electron chi connectivity index (χ4n) is 6.98. The molecule has 0 aromatic heterocycles. The van der Waals surface area contributed by atoms with Gasteiger partial charge in [-0.25, -0.2) is 9.59 Å². The second kappa shape index (κ2) is 16.5. The van der Waals surface area contributed by atoms with Crippen LogP contribution in [0.2, 0.25) is 0 Å². The fourth-order valence-corrected chi connectivity index (χ4v) is 6.98. The number of hydrogen-bond acceptors (Lipinski definition) is 18. The summed E-state index contributed by atoms with van der Waals surface area (Å²) in [6.45, 7) is 4.19. The van der Waals surface area contributed by atoms with Gasteiger partial charge < -0.3 is 88.9 Å². The number of carboxylic acid groups (broad SMARTS) is 2. The molecule has 0 saturated carbocycles. The van der Waals surface area contributed by atoms with Gasteiger partial charge in [0.05, 0.1) is 19.8 Å². The highest BCUT2D eigenvalue weighted by Gasteiger charge is 2.60. The molecule has 5 saturated heterocycles. The molecule has 0 aromatic rings. The topological polar surface area (TPSA) is 315 Å². The normalized spacial score (nSPS) is 44.9. The van der Waals surface area contributed by atoms with Crippen LogP contribution in [0.4, 0.5) is 0 Å². The van der Waals surface area contributed by atoms with Gasteiger partial charge >= 0.3 is 11.9 Å². The van der Waals surface area contributed by atoms with Crippen LogP contribution >= 0.6 is 0 Å². The number of aliphatic carboxylic acids is 2. The second-order valence-electron chi connectivity index (χ2n) is 13.7. The molecule has 5 aliphatic rings. The van der Waals surface area contributed by atoms with Crippen LogP contribution in [0.15, 0.2) is 0 Å². The Morgan fingerprint density at radius 3 is 1.61 bits per heavy atom. The van der Waals surface area contributed by atoms with E-state index in [9.17, 15) is 49.5 Å². The lowest BCUT2D eigenvalue weighted by Gasteiger charge is -2.53. The highest BCUT2D eigenvalue weighted by Crippen LogP contribution is 2.38. The van der Waals surface area contributed by atoms with E-state index in [-0.39, 0.29) is 6.61 Å². The molecule has 8 N–H and O–H groups in total. The van der Waals surface area contributed by atoms with Crippen LogP contribution in [0.1, 0.15) is 34.6 Å². The molecule has 23 nitrogen and oxygen atoms in total. The van der Waals surface area contributed by atoms with Crippen LogP contribution in [-0.2, 0) is 71.3 Å². The molecule has 5 rings (SSSR count). The molecule has 306 valence electrons. The van der Waals surface area contributed by atoms with Crippen LogP contribution in [0.25, 0.3) is 0 Å². The standard InChI is InChI=1S/C31H47N3O20/c1-10(36)32-16-19(39)21(51-27-17(33-11(2)37)20(40)22-14(50-27)8-46-30(4,53-22)28(41)42)13(7-35)48-26(16)52-24-18(34-12(3)38)25(45-6)49-15-9-47-31(5,29(43)44)54-23(15)24/h13-27,35,39-40H,7-9H2,1-6H3,(H,32,36)(H,33,37)(H,34,38)(H,41,42)(H,43,44)/t13-,14-,15-,16-,17+,18+,19-,20-,21-,22-,23-,24-,25-,26+,27+,30+,31+/m1/s1. The summed E-state index contributed by atoms with van der Waals surface area (Å²) >= 11 is 0. The summed E-state index contributed by atoms with van der Waals surface area (Å²) in [5.74, 6) is -9.19. The third-order valence-electron chi connectivity index (χ3n) is 9.64. The van der Waals surface area contributed by atoms with E-state index in [4.69, 9.17) is 47.4 Å². The number of fused-ring (bicyclic) bond motifs is 2. The maximum Gasteiger partial charge on any atom is 0.364 e. The number of methoxy groups -OCH3 is 1. The summed E-state index contributed by atoms with van der Waals surface area (Å²) in [4.78, 5) is 61.0. The van der Waals surface area contributed by atoms with Gasteiger partial charge in [-0.1, -0.05) is 0 Å². The molecule has 54 heavy (non-hydrogen) atoms. The number of hydrogen-bond donors (Lipinski definition) is 8. The molecule has 0 radical (unpaired) electrons. The molecule has 23 heteroatoms. The molecule has 0 spiro atoms. The van der Waals surface area contributed by atoms with Gasteiger partial charge in [-0.2, -0.15) is 0 Å². The smallest absolute Gasteiger partial charge is 0.364 e.